The van der Waals surface area contributed by atoms with Crippen molar-refractivity contribution in [3.05, 3.63) is 0 Å². The quantitative estimate of drug-likeness (QED) is 0.0790. The molecule has 0 radical (unpaired) electrons. The number of aliphatic carboxylic acids is 2. The van der Waals surface area contributed by atoms with Crippen LogP contribution in [0.25, 0.3) is 0 Å². The lowest BCUT2D eigenvalue weighted by atomic mass is 10.6. The number of carbonyl (C=O) groups is 2. The fourth-order valence-electron chi connectivity index (χ4n) is 2.49. The van der Waals surface area contributed by atoms with Gasteiger partial charge in [0.2, 0.25) is 0 Å². The highest BCUT2D eigenvalue weighted by atomic mass is 16.6. The molecule has 0 bridgehead atoms. The van der Waals surface area contributed by atoms with Gasteiger partial charge in [-0.15, -0.1) is 0 Å². The fourth-order valence-corrected chi connectivity index (χ4v) is 2.49. The molecule has 0 rings (SSSR count). The third-order valence-corrected chi connectivity index (χ3v) is 4.27. The van der Waals surface area contributed by atoms with Crippen molar-refractivity contribution in [2.24, 2.45) is 0 Å². The number of hydrogen-bond acceptors (Lipinski definition) is 13. The van der Waals surface area contributed by atoms with E-state index >= 15 is 0 Å². The highest BCUT2D eigenvalue weighted by molar-refractivity contribution is 5.68. The molecular formula is C24H47NO14. The van der Waals surface area contributed by atoms with Crippen LogP contribution in [0, 0.1) is 0 Å². The van der Waals surface area contributed by atoms with Crippen molar-refractivity contribution < 1.29 is 67.2 Å². The van der Waals surface area contributed by atoms with Gasteiger partial charge in [0.05, 0.1) is 119 Å². The predicted octanol–water partition coefficient (Wildman–Crippen LogP) is -1.09. The maximum Gasteiger partial charge on any atom is 0.329 e. The standard InChI is InChI=1S/C24H47NO14/c26-23(27)21-38-19-17-36-15-13-34-11-9-32-7-5-30-3-1-25-2-4-31-6-8-33-10-12-35-14-16-37-18-20-39-22-24(28)29/h25H,1-22H2,(H,26,27)(H,28,29). The summed E-state index contributed by atoms with van der Waals surface area (Å²) in [7, 11) is 0. The Labute approximate surface area is 230 Å². The predicted molar refractivity (Wildman–Crippen MR) is 136 cm³/mol. The van der Waals surface area contributed by atoms with Gasteiger partial charge in [-0.1, -0.05) is 0 Å². The first-order chi connectivity index (χ1) is 19.1. The molecule has 3 N–H and O–H groups in total. The first kappa shape index (κ1) is 37.5. The molecule has 0 aromatic heterocycles. The summed E-state index contributed by atoms with van der Waals surface area (Å²) in [5, 5.41) is 20.0. The summed E-state index contributed by atoms with van der Waals surface area (Å²) in [5.74, 6) is -2.00. The summed E-state index contributed by atoms with van der Waals surface area (Å²) in [5.41, 5.74) is 0. The molecule has 15 nitrogen and oxygen atoms in total. The van der Waals surface area contributed by atoms with Gasteiger partial charge in [0.25, 0.3) is 0 Å². The Bertz CT molecular complexity index is 485. The van der Waals surface area contributed by atoms with E-state index in [1.807, 2.05) is 0 Å². The minimum Gasteiger partial charge on any atom is -0.480 e. The first-order valence-electron chi connectivity index (χ1n) is 13.0. The van der Waals surface area contributed by atoms with E-state index in [1.165, 1.54) is 0 Å². The average molecular weight is 574 g/mol. The van der Waals surface area contributed by atoms with Gasteiger partial charge in [-0.05, 0) is 0 Å². The minimum absolute atomic E-state index is 0.240. The van der Waals surface area contributed by atoms with Gasteiger partial charge in [0, 0.05) is 13.1 Å². The molecule has 232 valence electrons. The van der Waals surface area contributed by atoms with Crippen molar-refractivity contribution in [2.75, 3.05) is 145 Å². The van der Waals surface area contributed by atoms with Crippen LogP contribution in [0.4, 0.5) is 0 Å². The van der Waals surface area contributed by atoms with Crippen LogP contribution in [-0.4, -0.2) is 167 Å². The molecule has 0 aromatic carbocycles. The summed E-state index contributed by atoms with van der Waals surface area (Å²) in [6.07, 6.45) is 0. The lowest BCUT2D eigenvalue weighted by Gasteiger charge is -2.09. The Balaban J connectivity index is 3.04. The topological polar surface area (TPSA) is 179 Å². The van der Waals surface area contributed by atoms with Gasteiger partial charge in [0.15, 0.2) is 0 Å². The highest BCUT2D eigenvalue weighted by Gasteiger charge is 1.98. The van der Waals surface area contributed by atoms with Crippen LogP contribution in [0.2, 0.25) is 0 Å². The van der Waals surface area contributed by atoms with E-state index in [0.29, 0.717) is 106 Å². The Morgan fingerprint density at radius 1 is 0.359 bits per heavy atom. The van der Waals surface area contributed by atoms with Gasteiger partial charge in [0.1, 0.15) is 13.2 Å². The van der Waals surface area contributed by atoms with E-state index in [1.54, 1.807) is 0 Å². The molecular weight excluding hydrogens is 526 g/mol. The van der Waals surface area contributed by atoms with Crippen LogP contribution in [0.5, 0.6) is 0 Å². The zero-order valence-electron chi connectivity index (χ0n) is 22.8. The van der Waals surface area contributed by atoms with E-state index in [4.69, 9.17) is 57.6 Å². The zero-order valence-corrected chi connectivity index (χ0v) is 22.8. The molecule has 0 aliphatic carbocycles. The highest BCUT2D eigenvalue weighted by Crippen LogP contribution is 1.85. The summed E-state index contributed by atoms with van der Waals surface area (Å²) >= 11 is 0. The maximum atomic E-state index is 10.2. The van der Waals surface area contributed by atoms with Crippen LogP contribution < -0.4 is 5.32 Å². The van der Waals surface area contributed by atoms with Gasteiger partial charge in [-0.25, -0.2) is 9.59 Å². The normalized spacial score (nSPS) is 11.3. The second-order valence-corrected chi connectivity index (χ2v) is 7.54. The molecule has 0 atom stereocenters. The Kier molecular flexibility index (Phi) is 31.5. The van der Waals surface area contributed by atoms with E-state index < -0.39 is 11.9 Å². The Hall–Kier alpha value is -1.50. The summed E-state index contributed by atoms with van der Waals surface area (Å²) < 4.78 is 52.6. The van der Waals surface area contributed by atoms with Crippen LogP contribution in [-0.2, 0) is 57.0 Å². The van der Waals surface area contributed by atoms with E-state index in [2.05, 4.69) is 5.32 Å². The van der Waals surface area contributed by atoms with Crippen molar-refractivity contribution in [1.82, 2.24) is 5.32 Å². The summed E-state index contributed by atoms with van der Waals surface area (Å²) in [6.45, 7) is 8.70. The van der Waals surface area contributed by atoms with Crippen LogP contribution in [0.15, 0.2) is 0 Å². The number of carboxylic acid groups (broad SMARTS) is 2. The number of ether oxygens (including phenoxy) is 10. The lowest BCUT2D eigenvalue weighted by Crippen LogP contribution is -2.25. The molecule has 0 aromatic rings. The van der Waals surface area contributed by atoms with Gasteiger partial charge in [-0.3, -0.25) is 0 Å². The molecule has 0 saturated carbocycles. The third-order valence-electron chi connectivity index (χ3n) is 4.27. The van der Waals surface area contributed by atoms with E-state index in [0.717, 1.165) is 13.1 Å². The second kappa shape index (κ2) is 32.7. The van der Waals surface area contributed by atoms with Gasteiger partial charge >= 0.3 is 11.9 Å². The average Bonchev–Trinajstić information content (AvgIpc) is 2.91. The molecule has 0 aliphatic heterocycles. The SMILES string of the molecule is O=C(O)COCCOCCOCCOCCOCCNCCOCCOCCOCCOCCOCC(=O)O. The van der Waals surface area contributed by atoms with Crippen LogP contribution in [0.1, 0.15) is 0 Å². The zero-order chi connectivity index (χ0) is 28.5. The minimum atomic E-state index is -0.998. The van der Waals surface area contributed by atoms with Crippen molar-refractivity contribution in [2.45, 2.75) is 0 Å². The molecule has 0 unspecified atom stereocenters. The molecule has 15 heteroatoms. The Morgan fingerprint density at radius 3 is 0.795 bits per heavy atom. The van der Waals surface area contributed by atoms with Crippen molar-refractivity contribution in [3.63, 3.8) is 0 Å². The molecule has 0 fully saturated rings. The van der Waals surface area contributed by atoms with Crippen LogP contribution >= 0.6 is 0 Å². The number of hydrogen-bond donors (Lipinski definition) is 3. The number of rotatable bonds is 34. The monoisotopic (exact) mass is 573 g/mol. The largest absolute Gasteiger partial charge is 0.480 e. The second-order valence-electron chi connectivity index (χ2n) is 7.54. The van der Waals surface area contributed by atoms with Crippen molar-refractivity contribution in [3.8, 4) is 0 Å². The first-order valence-corrected chi connectivity index (χ1v) is 13.0. The number of carboxylic acids is 2. The molecule has 0 saturated heterocycles. The maximum absolute atomic E-state index is 10.2. The van der Waals surface area contributed by atoms with E-state index in [9.17, 15) is 9.59 Å². The van der Waals surface area contributed by atoms with E-state index in [-0.39, 0.29) is 26.4 Å². The van der Waals surface area contributed by atoms with Crippen LogP contribution in [0.3, 0.4) is 0 Å². The Morgan fingerprint density at radius 2 is 0.564 bits per heavy atom. The molecule has 0 aliphatic rings. The van der Waals surface area contributed by atoms with Gasteiger partial charge < -0.3 is 62.9 Å². The fraction of sp³-hybridized carbons (Fsp3) is 0.917. The summed E-state index contributed by atoms with van der Waals surface area (Å²) in [6, 6.07) is 0. The smallest absolute Gasteiger partial charge is 0.329 e. The lowest BCUT2D eigenvalue weighted by molar-refractivity contribution is -0.143. The third kappa shape index (κ3) is 36.5. The molecule has 0 spiro atoms. The van der Waals surface area contributed by atoms with Crippen molar-refractivity contribution in [1.29, 1.82) is 0 Å². The molecule has 0 amide bonds. The molecule has 39 heavy (non-hydrogen) atoms. The summed E-state index contributed by atoms with van der Waals surface area (Å²) in [4.78, 5) is 20.5. The van der Waals surface area contributed by atoms with Gasteiger partial charge in [-0.2, -0.15) is 0 Å². The number of nitrogens with one attached hydrogen (secondary N) is 1. The molecule has 0 heterocycles. The van der Waals surface area contributed by atoms with Crippen molar-refractivity contribution >= 4 is 11.9 Å².